The van der Waals surface area contributed by atoms with Crippen molar-refractivity contribution in [3.05, 3.63) is 134 Å². The number of hydrogen-bond acceptors (Lipinski definition) is 6. The molecule has 0 heterocycles. The van der Waals surface area contributed by atoms with E-state index in [-0.39, 0.29) is 31.1 Å². The van der Waals surface area contributed by atoms with Gasteiger partial charge in [0, 0.05) is 19.3 Å². The van der Waals surface area contributed by atoms with E-state index in [9.17, 15) is 14.4 Å². The van der Waals surface area contributed by atoms with Gasteiger partial charge in [-0.05, 0) is 122 Å². The first kappa shape index (κ1) is 77.5. The number of hydrogen-bond donors (Lipinski definition) is 0. The van der Waals surface area contributed by atoms with Gasteiger partial charge in [-0.25, -0.2) is 0 Å². The smallest absolute Gasteiger partial charge is 0.306 e. The summed E-state index contributed by atoms with van der Waals surface area (Å²) in [5.41, 5.74) is 0. The molecule has 0 fully saturated rings. The van der Waals surface area contributed by atoms with E-state index in [0.717, 1.165) is 148 Å². The zero-order valence-corrected chi connectivity index (χ0v) is 53.5. The third-order valence-corrected chi connectivity index (χ3v) is 14.4. The summed E-state index contributed by atoms with van der Waals surface area (Å²) in [5.74, 6) is -0.905. The molecule has 0 aliphatic rings. The van der Waals surface area contributed by atoms with Crippen molar-refractivity contribution in [3.63, 3.8) is 0 Å². The molecule has 0 rings (SSSR count). The molecule has 0 saturated carbocycles. The average molecular weight is 1140 g/mol. The van der Waals surface area contributed by atoms with E-state index in [1.165, 1.54) is 122 Å². The Balaban J connectivity index is 4.28. The fraction of sp³-hybridized carbons (Fsp3) is 0.671. The summed E-state index contributed by atoms with van der Waals surface area (Å²) in [6.45, 7) is 6.50. The fourth-order valence-corrected chi connectivity index (χ4v) is 9.29. The van der Waals surface area contributed by atoms with Crippen molar-refractivity contribution in [2.45, 2.75) is 316 Å². The molecule has 6 heteroatoms. The van der Waals surface area contributed by atoms with Gasteiger partial charge < -0.3 is 14.2 Å². The highest BCUT2D eigenvalue weighted by atomic mass is 16.6. The van der Waals surface area contributed by atoms with Crippen LogP contribution in [-0.4, -0.2) is 37.2 Å². The van der Waals surface area contributed by atoms with Gasteiger partial charge in [-0.1, -0.05) is 302 Å². The van der Waals surface area contributed by atoms with Gasteiger partial charge in [-0.3, -0.25) is 14.4 Å². The second-order valence-corrected chi connectivity index (χ2v) is 22.4. The van der Waals surface area contributed by atoms with Crippen LogP contribution in [0.4, 0.5) is 0 Å². The van der Waals surface area contributed by atoms with Crippen LogP contribution in [0.2, 0.25) is 0 Å². The van der Waals surface area contributed by atoms with E-state index < -0.39 is 6.10 Å². The highest BCUT2D eigenvalue weighted by molar-refractivity contribution is 5.71. The second-order valence-electron chi connectivity index (χ2n) is 22.4. The van der Waals surface area contributed by atoms with Gasteiger partial charge in [0.05, 0.1) is 0 Å². The summed E-state index contributed by atoms with van der Waals surface area (Å²) in [5, 5.41) is 0. The van der Waals surface area contributed by atoms with Crippen molar-refractivity contribution in [2.24, 2.45) is 0 Å². The van der Waals surface area contributed by atoms with Gasteiger partial charge in [0.25, 0.3) is 0 Å². The number of unbranched alkanes of at least 4 members (excludes halogenated alkanes) is 28. The van der Waals surface area contributed by atoms with Crippen LogP contribution >= 0.6 is 0 Å². The molecule has 0 amide bonds. The third-order valence-electron chi connectivity index (χ3n) is 14.4. The zero-order chi connectivity index (χ0) is 59.2. The van der Waals surface area contributed by atoms with Gasteiger partial charge in [0.2, 0.25) is 0 Å². The van der Waals surface area contributed by atoms with E-state index in [0.29, 0.717) is 19.3 Å². The zero-order valence-electron chi connectivity index (χ0n) is 53.5. The topological polar surface area (TPSA) is 78.9 Å². The van der Waals surface area contributed by atoms with Crippen LogP contribution in [0, 0.1) is 0 Å². The molecule has 0 aromatic carbocycles. The van der Waals surface area contributed by atoms with E-state index in [1.54, 1.807) is 0 Å². The number of carbonyl (C=O) groups excluding carboxylic acids is 3. The molecule has 466 valence electrons. The molecule has 0 aliphatic heterocycles. The molecule has 0 radical (unpaired) electrons. The maximum absolute atomic E-state index is 12.9. The lowest BCUT2D eigenvalue weighted by Crippen LogP contribution is -2.30. The van der Waals surface area contributed by atoms with Crippen molar-refractivity contribution in [1.29, 1.82) is 0 Å². The predicted molar refractivity (Wildman–Crippen MR) is 357 cm³/mol. The first-order valence-corrected chi connectivity index (χ1v) is 34.2. The van der Waals surface area contributed by atoms with Crippen LogP contribution in [0.3, 0.4) is 0 Å². The summed E-state index contributed by atoms with van der Waals surface area (Å²) >= 11 is 0. The van der Waals surface area contributed by atoms with Crippen molar-refractivity contribution in [1.82, 2.24) is 0 Å². The molecule has 6 nitrogen and oxygen atoms in total. The van der Waals surface area contributed by atoms with Gasteiger partial charge >= 0.3 is 17.9 Å². The van der Waals surface area contributed by atoms with Crippen molar-refractivity contribution in [2.75, 3.05) is 13.2 Å². The molecule has 0 N–H and O–H groups in total. The minimum Gasteiger partial charge on any atom is -0.462 e. The van der Waals surface area contributed by atoms with Crippen LogP contribution in [-0.2, 0) is 28.6 Å². The maximum Gasteiger partial charge on any atom is 0.306 e. The predicted octanol–water partition coefficient (Wildman–Crippen LogP) is 23.7. The summed E-state index contributed by atoms with van der Waals surface area (Å²) < 4.78 is 16.9. The Kier molecular flexibility index (Phi) is 65.3. The number of carbonyl (C=O) groups is 3. The van der Waals surface area contributed by atoms with Gasteiger partial charge in [-0.2, -0.15) is 0 Å². The van der Waals surface area contributed by atoms with Crippen molar-refractivity contribution < 1.29 is 28.6 Å². The summed E-state index contributed by atoms with van der Waals surface area (Å²) in [4.78, 5) is 38.3. The van der Waals surface area contributed by atoms with Gasteiger partial charge in [0.1, 0.15) is 13.2 Å². The lowest BCUT2D eigenvalue weighted by molar-refractivity contribution is -0.167. The highest BCUT2D eigenvalue weighted by Gasteiger charge is 2.19. The first-order valence-electron chi connectivity index (χ1n) is 34.2. The summed E-state index contributed by atoms with van der Waals surface area (Å²) in [6, 6.07) is 0. The SMILES string of the molecule is CC/C=C\C/C=C\C/C=C\C/C=C\C/C=C\C/C=C\C/C=C\C/C=C\C/C=C\CCCCCCCCCC(=O)OCC(COC(=O)CCCCCCCCCCCCCCCC)OC(=O)CCCCCCC/C=C\C/C=C\CCCCC. The normalized spacial score (nSPS) is 13.0. The van der Waals surface area contributed by atoms with Gasteiger partial charge in [0.15, 0.2) is 6.10 Å². The van der Waals surface area contributed by atoms with Crippen molar-refractivity contribution >= 4 is 17.9 Å². The quantitative estimate of drug-likeness (QED) is 0.0261. The van der Waals surface area contributed by atoms with Crippen LogP contribution in [0.25, 0.3) is 0 Å². The fourth-order valence-electron chi connectivity index (χ4n) is 9.29. The Morgan fingerprint density at radius 1 is 0.256 bits per heavy atom. The Morgan fingerprint density at radius 2 is 0.476 bits per heavy atom. The van der Waals surface area contributed by atoms with Crippen LogP contribution in [0.1, 0.15) is 310 Å². The monoisotopic (exact) mass is 1130 g/mol. The molecule has 82 heavy (non-hydrogen) atoms. The highest BCUT2D eigenvalue weighted by Crippen LogP contribution is 2.16. The summed E-state index contributed by atoms with van der Waals surface area (Å²) in [7, 11) is 0. The number of allylic oxidation sites excluding steroid dienone is 22. The second kappa shape index (κ2) is 69.0. The molecule has 1 atom stereocenters. The van der Waals surface area contributed by atoms with E-state index in [4.69, 9.17) is 14.2 Å². The number of esters is 3. The maximum atomic E-state index is 12.9. The Hall–Kier alpha value is -4.45. The minimum absolute atomic E-state index is 0.0867. The lowest BCUT2D eigenvalue weighted by atomic mass is 10.0. The number of ether oxygens (including phenoxy) is 3. The first-order chi connectivity index (χ1) is 40.5. The van der Waals surface area contributed by atoms with Crippen LogP contribution in [0.15, 0.2) is 134 Å². The Morgan fingerprint density at radius 3 is 0.768 bits per heavy atom. The van der Waals surface area contributed by atoms with E-state index >= 15 is 0 Å². The molecule has 0 saturated heterocycles. The molecule has 0 spiro atoms. The van der Waals surface area contributed by atoms with E-state index in [1.807, 2.05) is 0 Å². The standard InChI is InChI=1S/C76H126O6/c1-4-7-10-13-16-19-22-25-28-29-30-31-32-33-34-35-36-37-38-39-40-41-42-43-44-45-46-47-49-51-54-57-60-63-66-69-75(78)81-72-73(71-80-74(77)68-65-62-59-56-53-50-27-24-21-18-15-12-9-6-3)82-76(79)70-67-64-61-58-55-52-48-26-23-20-17-14-11-8-5-2/h7,10,16-17,19-20,25-26,28,30-31,33-34,36-37,39-40,42-43,45-46,48,73H,4-6,8-9,11-15,18,21-24,27,29,32,35,38,41,44,47,49-72H2,1-3H3/b10-7-,19-16-,20-17-,28-25-,31-30-,34-33-,37-36-,40-39-,43-42-,46-45-,48-26-. The molecule has 0 aliphatic carbocycles. The molecule has 1 unspecified atom stereocenters. The Labute approximate surface area is 506 Å². The molecule has 0 aromatic rings. The third kappa shape index (κ3) is 66.4. The molecular formula is C76H126O6. The lowest BCUT2D eigenvalue weighted by Gasteiger charge is -2.18. The van der Waals surface area contributed by atoms with Crippen molar-refractivity contribution in [3.8, 4) is 0 Å². The minimum atomic E-state index is -0.793. The average Bonchev–Trinajstić information content (AvgIpc) is 3.48. The largest absolute Gasteiger partial charge is 0.462 e. The summed E-state index contributed by atoms with van der Waals surface area (Å²) in [6.07, 6.45) is 97.5. The molecule has 0 bridgehead atoms. The molecule has 0 aromatic heterocycles. The van der Waals surface area contributed by atoms with Crippen LogP contribution < -0.4 is 0 Å². The van der Waals surface area contributed by atoms with Crippen LogP contribution in [0.5, 0.6) is 0 Å². The number of rotatable bonds is 61. The molecular weight excluding hydrogens is 1010 g/mol. The Bertz CT molecular complexity index is 1730. The van der Waals surface area contributed by atoms with Gasteiger partial charge in [-0.15, -0.1) is 0 Å². The van der Waals surface area contributed by atoms with E-state index in [2.05, 4.69) is 154 Å².